The van der Waals surface area contributed by atoms with Crippen LogP contribution in [-0.2, 0) is 16.0 Å². The molecule has 0 unspecified atom stereocenters. The molecule has 0 spiro atoms. The highest BCUT2D eigenvalue weighted by Gasteiger charge is 2.16. The number of methoxy groups -OCH3 is 1. The molecule has 5 nitrogen and oxygen atoms in total. The van der Waals surface area contributed by atoms with E-state index in [0.717, 1.165) is 22.4 Å². The normalized spacial score (nSPS) is 10.1. The van der Waals surface area contributed by atoms with Gasteiger partial charge in [0, 0.05) is 13.6 Å². The van der Waals surface area contributed by atoms with E-state index >= 15 is 0 Å². The van der Waals surface area contributed by atoms with Crippen molar-refractivity contribution in [1.82, 2.24) is 4.90 Å². The van der Waals surface area contributed by atoms with Crippen molar-refractivity contribution in [1.29, 1.82) is 0 Å². The second-order valence-electron chi connectivity index (χ2n) is 4.60. The van der Waals surface area contributed by atoms with E-state index in [2.05, 4.69) is 6.07 Å². The van der Waals surface area contributed by atoms with Crippen LogP contribution in [0.3, 0.4) is 0 Å². The summed E-state index contributed by atoms with van der Waals surface area (Å²) >= 11 is 0. The molecule has 1 rings (SSSR count). The fourth-order valence-corrected chi connectivity index (χ4v) is 2.03. The zero-order chi connectivity index (χ0) is 14.6. The zero-order valence-electron chi connectivity index (χ0n) is 11.8. The highest BCUT2D eigenvalue weighted by molar-refractivity contribution is 6.34. The topological polar surface area (TPSA) is 72.6 Å². The molecule has 0 aromatic heterocycles. The maximum Gasteiger partial charge on any atom is 0.311 e. The van der Waals surface area contributed by atoms with E-state index in [4.69, 9.17) is 10.5 Å². The van der Waals surface area contributed by atoms with Gasteiger partial charge in [-0.15, -0.1) is 0 Å². The van der Waals surface area contributed by atoms with Gasteiger partial charge in [-0.2, -0.15) is 0 Å². The molecule has 2 amide bonds. The average Bonchev–Trinajstić information content (AvgIpc) is 2.35. The Labute approximate surface area is 113 Å². The number of rotatable bonds is 4. The van der Waals surface area contributed by atoms with E-state index in [-0.39, 0.29) is 0 Å². The van der Waals surface area contributed by atoms with Gasteiger partial charge in [0.1, 0.15) is 5.75 Å². The number of benzene rings is 1. The van der Waals surface area contributed by atoms with E-state index in [9.17, 15) is 9.59 Å². The molecule has 104 valence electrons. The highest BCUT2D eigenvalue weighted by atomic mass is 16.5. The number of aryl methyl sites for hydroxylation is 2. The molecule has 0 radical (unpaired) electrons. The van der Waals surface area contributed by atoms with Gasteiger partial charge in [0.25, 0.3) is 0 Å². The molecular weight excluding hydrogens is 244 g/mol. The molecule has 0 atom stereocenters. The van der Waals surface area contributed by atoms with Crippen LogP contribution in [-0.4, -0.2) is 37.4 Å². The van der Waals surface area contributed by atoms with Gasteiger partial charge in [0.05, 0.1) is 7.11 Å². The number of carbonyl (C=O) groups excluding carboxylic acids is 2. The number of amides is 2. The first-order valence-electron chi connectivity index (χ1n) is 6.05. The van der Waals surface area contributed by atoms with Crippen molar-refractivity contribution in [2.45, 2.75) is 20.3 Å². The predicted molar refractivity (Wildman–Crippen MR) is 73.0 cm³/mol. The minimum absolute atomic E-state index is 0.419. The summed E-state index contributed by atoms with van der Waals surface area (Å²) in [4.78, 5) is 23.5. The van der Waals surface area contributed by atoms with Crippen LogP contribution in [0.2, 0.25) is 0 Å². The number of nitrogens with zero attached hydrogens (tertiary/aromatic N) is 1. The summed E-state index contributed by atoms with van der Waals surface area (Å²) in [6, 6.07) is 4.02. The Hall–Kier alpha value is -2.04. The van der Waals surface area contributed by atoms with Crippen molar-refractivity contribution in [3.05, 3.63) is 28.8 Å². The quantitative estimate of drug-likeness (QED) is 0.817. The van der Waals surface area contributed by atoms with Crippen molar-refractivity contribution in [2.75, 3.05) is 20.7 Å². The lowest BCUT2D eigenvalue weighted by molar-refractivity contribution is -0.143. The lowest BCUT2D eigenvalue weighted by Gasteiger charge is -2.18. The first-order chi connectivity index (χ1) is 8.86. The standard InChI is InChI=1S/C14H20N2O3/c1-9-7-10(2)11(12(8-9)19-4)5-6-16(3)14(18)13(15)17/h7-8H,5-6H2,1-4H3,(H2,15,17). The Morgan fingerprint density at radius 2 is 1.95 bits per heavy atom. The first-order valence-corrected chi connectivity index (χ1v) is 6.05. The molecule has 2 N–H and O–H groups in total. The van der Waals surface area contributed by atoms with Gasteiger partial charge >= 0.3 is 11.8 Å². The molecule has 0 aliphatic heterocycles. The third kappa shape index (κ3) is 3.71. The summed E-state index contributed by atoms with van der Waals surface area (Å²) < 4.78 is 5.35. The average molecular weight is 264 g/mol. The zero-order valence-corrected chi connectivity index (χ0v) is 11.8. The molecule has 0 saturated carbocycles. The minimum atomic E-state index is -0.935. The molecule has 0 heterocycles. The van der Waals surface area contributed by atoms with Crippen molar-refractivity contribution in [3.63, 3.8) is 0 Å². The lowest BCUT2D eigenvalue weighted by Crippen LogP contribution is -2.38. The van der Waals surface area contributed by atoms with Gasteiger partial charge in [-0.05, 0) is 43.0 Å². The fraction of sp³-hybridized carbons (Fsp3) is 0.429. The Bertz CT molecular complexity index is 498. The Kier molecular flexibility index (Phi) is 4.92. The van der Waals surface area contributed by atoms with Crippen LogP contribution in [0.4, 0.5) is 0 Å². The predicted octanol–water partition coefficient (Wildman–Crippen LogP) is 0.798. The molecule has 0 aliphatic rings. The Balaban J connectivity index is 2.83. The molecule has 0 bridgehead atoms. The smallest absolute Gasteiger partial charge is 0.311 e. The fourth-order valence-electron chi connectivity index (χ4n) is 2.03. The minimum Gasteiger partial charge on any atom is -0.496 e. The summed E-state index contributed by atoms with van der Waals surface area (Å²) in [5.74, 6) is -0.809. The maximum atomic E-state index is 11.4. The van der Waals surface area contributed by atoms with Gasteiger partial charge < -0.3 is 15.4 Å². The van der Waals surface area contributed by atoms with Crippen molar-refractivity contribution in [3.8, 4) is 5.75 Å². The highest BCUT2D eigenvalue weighted by Crippen LogP contribution is 2.24. The van der Waals surface area contributed by atoms with Crippen molar-refractivity contribution in [2.24, 2.45) is 5.73 Å². The number of ether oxygens (including phenoxy) is 1. The van der Waals surface area contributed by atoms with Crippen molar-refractivity contribution < 1.29 is 14.3 Å². The van der Waals surface area contributed by atoms with Gasteiger partial charge in [-0.1, -0.05) is 6.07 Å². The van der Waals surface area contributed by atoms with Gasteiger partial charge in [0.2, 0.25) is 0 Å². The maximum absolute atomic E-state index is 11.4. The molecule has 0 aliphatic carbocycles. The Morgan fingerprint density at radius 1 is 1.32 bits per heavy atom. The lowest BCUT2D eigenvalue weighted by atomic mass is 10.0. The van der Waals surface area contributed by atoms with E-state index < -0.39 is 11.8 Å². The number of hydrogen-bond acceptors (Lipinski definition) is 3. The number of primary amides is 1. The van der Waals surface area contributed by atoms with Crippen LogP contribution in [0.15, 0.2) is 12.1 Å². The molecule has 5 heteroatoms. The second-order valence-corrected chi connectivity index (χ2v) is 4.60. The third-order valence-electron chi connectivity index (χ3n) is 3.05. The van der Waals surface area contributed by atoms with Gasteiger partial charge in [-0.25, -0.2) is 0 Å². The van der Waals surface area contributed by atoms with Crippen LogP contribution in [0.25, 0.3) is 0 Å². The first kappa shape index (κ1) is 15.0. The van der Waals surface area contributed by atoms with Crippen LogP contribution in [0, 0.1) is 13.8 Å². The summed E-state index contributed by atoms with van der Waals surface area (Å²) in [5.41, 5.74) is 8.23. The summed E-state index contributed by atoms with van der Waals surface area (Å²) in [6.45, 7) is 4.42. The Morgan fingerprint density at radius 3 is 2.47 bits per heavy atom. The number of likely N-dealkylation sites (N-methyl/N-ethyl adjacent to an activating group) is 1. The van der Waals surface area contributed by atoms with E-state index in [0.29, 0.717) is 13.0 Å². The van der Waals surface area contributed by atoms with Crippen LogP contribution in [0.5, 0.6) is 5.75 Å². The SMILES string of the molecule is COc1cc(C)cc(C)c1CCN(C)C(=O)C(N)=O. The summed E-state index contributed by atoms with van der Waals surface area (Å²) in [5, 5.41) is 0. The third-order valence-corrected chi connectivity index (χ3v) is 3.05. The molecule has 1 aromatic carbocycles. The monoisotopic (exact) mass is 264 g/mol. The van der Waals surface area contributed by atoms with Crippen LogP contribution in [0.1, 0.15) is 16.7 Å². The number of carbonyl (C=O) groups is 2. The van der Waals surface area contributed by atoms with E-state index in [1.54, 1.807) is 14.2 Å². The van der Waals surface area contributed by atoms with E-state index in [1.807, 2.05) is 19.9 Å². The molecular formula is C14H20N2O3. The number of nitrogens with two attached hydrogens (primary N) is 1. The molecule has 0 fully saturated rings. The number of hydrogen-bond donors (Lipinski definition) is 1. The largest absolute Gasteiger partial charge is 0.496 e. The van der Waals surface area contributed by atoms with Crippen molar-refractivity contribution >= 4 is 11.8 Å². The van der Waals surface area contributed by atoms with Gasteiger partial charge in [-0.3, -0.25) is 9.59 Å². The van der Waals surface area contributed by atoms with Gasteiger partial charge in [0.15, 0.2) is 0 Å². The second kappa shape index (κ2) is 6.22. The molecule has 19 heavy (non-hydrogen) atoms. The molecule has 1 aromatic rings. The molecule has 0 saturated heterocycles. The van der Waals surface area contributed by atoms with Crippen LogP contribution < -0.4 is 10.5 Å². The summed E-state index contributed by atoms with van der Waals surface area (Å²) in [6.07, 6.45) is 0.616. The van der Waals surface area contributed by atoms with Crippen LogP contribution >= 0.6 is 0 Å². The summed E-state index contributed by atoms with van der Waals surface area (Å²) in [7, 11) is 3.18. The van der Waals surface area contributed by atoms with E-state index in [1.165, 1.54) is 4.90 Å².